The quantitative estimate of drug-likeness (QED) is 0.0780. The average Bonchev–Trinajstić information content (AvgIpc) is 3.10. The summed E-state index contributed by atoms with van der Waals surface area (Å²) in [6.07, 6.45) is 0.308. The van der Waals surface area contributed by atoms with Gasteiger partial charge in [0.25, 0.3) is 11.6 Å². The van der Waals surface area contributed by atoms with Crippen molar-refractivity contribution in [3.63, 3.8) is 0 Å². The summed E-state index contributed by atoms with van der Waals surface area (Å²) in [5, 5.41) is 31.8. The van der Waals surface area contributed by atoms with Crippen LogP contribution in [-0.2, 0) is 43.4 Å². The number of urea groups is 1. The van der Waals surface area contributed by atoms with E-state index in [1.165, 1.54) is 43.3 Å². The molecular formula is C36H44N8O9. The van der Waals surface area contributed by atoms with E-state index in [0.717, 1.165) is 5.01 Å². The Balaban J connectivity index is 1.77. The molecule has 0 saturated heterocycles. The largest absolute Gasteiger partial charge is 0.508 e. The molecule has 0 saturated carbocycles. The number of nitrogens with one attached hydrogen (secondary N) is 5. The van der Waals surface area contributed by atoms with E-state index in [9.17, 15) is 44.0 Å². The summed E-state index contributed by atoms with van der Waals surface area (Å²) in [5.41, 5.74) is 9.35. The SMILES string of the molecule is CC(=O)N[C@@H](Cc1ccc(O)cc1)C(=O)N(Cc1ccc([N+](=O)[O-])cc1)NC(=O)NCC(=O)N[C@@H](Cc1ccccc1)C(=O)N[C@@H](CC(C)C)C(N)=O. The Hall–Kier alpha value is -6.52. The van der Waals surface area contributed by atoms with Crippen LogP contribution >= 0.6 is 0 Å². The molecule has 8 N–H and O–H groups in total. The summed E-state index contributed by atoms with van der Waals surface area (Å²) < 4.78 is 0. The van der Waals surface area contributed by atoms with Crippen molar-refractivity contribution in [2.24, 2.45) is 11.7 Å². The molecule has 0 heterocycles. The van der Waals surface area contributed by atoms with Crippen LogP contribution in [0.2, 0.25) is 0 Å². The normalized spacial score (nSPS) is 12.4. The van der Waals surface area contributed by atoms with Crippen molar-refractivity contribution in [3.8, 4) is 5.75 Å². The molecule has 0 fully saturated rings. The fourth-order valence-corrected chi connectivity index (χ4v) is 5.20. The first-order valence-corrected chi connectivity index (χ1v) is 16.7. The van der Waals surface area contributed by atoms with Crippen LogP contribution in [-0.4, -0.2) is 75.3 Å². The molecule has 7 amide bonds. The van der Waals surface area contributed by atoms with E-state index in [1.807, 2.05) is 13.8 Å². The van der Waals surface area contributed by atoms with Crippen molar-refractivity contribution in [1.29, 1.82) is 0 Å². The van der Waals surface area contributed by atoms with Gasteiger partial charge in [-0.05, 0) is 41.2 Å². The molecular weight excluding hydrogens is 688 g/mol. The molecule has 282 valence electrons. The standard InChI is InChI=1S/C36H44N8O9/c1-22(2)17-29(33(37)48)41-34(49)30(18-24-7-5-4-6-8-24)40-32(47)20-38-36(51)42-43(21-26-9-13-27(14-10-26)44(52)53)35(50)31(39-23(3)45)19-25-11-15-28(46)16-12-25/h4-16,22,29-31,46H,17-21H2,1-3H3,(H2,37,48)(H,39,45)(H,40,47)(H,41,49)(H2,38,42,51)/t29-,30-,31-/m0/s1. The van der Waals surface area contributed by atoms with Gasteiger partial charge in [0.05, 0.1) is 18.0 Å². The van der Waals surface area contributed by atoms with Crippen molar-refractivity contribution in [3.05, 3.63) is 106 Å². The maximum atomic E-state index is 13.9. The first kappa shape index (κ1) is 40.9. The Morgan fingerprint density at radius 2 is 1.38 bits per heavy atom. The topological polar surface area (TPSA) is 255 Å². The van der Waals surface area contributed by atoms with Gasteiger partial charge in [0, 0.05) is 31.9 Å². The summed E-state index contributed by atoms with van der Waals surface area (Å²) in [7, 11) is 0. The van der Waals surface area contributed by atoms with Crippen LogP contribution in [0, 0.1) is 16.0 Å². The monoisotopic (exact) mass is 732 g/mol. The van der Waals surface area contributed by atoms with Gasteiger partial charge in [-0.3, -0.25) is 34.1 Å². The number of hydrogen-bond donors (Lipinski definition) is 7. The number of nitrogens with zero attached hydrogens (tertiary/aromatic N) is 2. The second kappa shape index (κ2) is 19.8. The molecule has 0 aliphatic rings. The number of nitrogens with two attached hydrogens (primary N) is 1. The molecule has 17 nitrogen and oxygen atoms in total. The molecule has 3 rings (SSSR count). The highest BCUT2D eigenvalue weighted by molar-refractivity contribution is 5.93. The summed E-state index contributed by atoms with van der Waals surface area (Å²) >= 11 is 0. The van der Waals surface area contributed by atoms with Gasteiger partial charge in [0.1, 0.15) is 23.9 Å². The van der Waals surface area contributed by atoms with E-state index in [0.29, 0.717) is 16.7 Å². The van der Waals surface area contributed by atoms with Crippen LogP contribution in [0.25, 0.3) is 0 Å². The Labute approximate surface area is 305 Å². The molecule has 0 radical (unpaired) electrons. The van der Waals surface area contributed by atoms with Crippen molar-refractivity contribution in [2.75, 3.05) is 6.54 Å². The molecule has 0 aliphatic heterocycles. The van der Waals surface area contributed by atoms with Crippen molar-refractivity contribution >= 4 is 41.3 Å². The second-order valence-electron chi connectivity index (χ2n) is 12.7. The molecule has 0 aliphatic carbocycles. The predicted molar refractivity (Wildman–Crippen MR) is 192 cm³/mol. The van der Waals surface area contributed by atoms with Crippen LogP contribution < -0.4 is 32.4 Å². The minimum atomic E-state index is -1.20. The van der Waals surface area contributed by atoms with Crippen LogP contribution in [0.4, 0.5) is 10.5 Å². The van der Waals surface area contributed by atoms with Gasteiger partial charge in [-0.2, -0.15) is 0 Å². The first-order valence-electron chi connectivity index (χ1n) is 16.7. The Kier molecular flexibility index (Phi) is 15.3. The third-order valence-electron chi connectivity index (χ3n) is 7.75. The maximum Gasteiger partial charge on any atom is 0.334 e. The lowest BCUT2D eigenvalue weighted by Crippen LogP contribution is -2.58. The molecule has 0 aromatic heterocycles. The number of non-ortho nitro benzene ring substituents is 1. The summed E-state index contributed by atoms with van der Waals surface area (Å²) in [6, 6.07) is 15.6. The molecule has 0 unspecified atom stereocenters. The molecule has 17 heteroatoms. The van der Waals surface area contributed by atoms with E-state index in [4.69, 9.17) is 5.73 Å². The summed E-state index contributed by atoms with van der Waals surface area (Å²) in [5.74, 6) is -3.44. The minimum absolute atomic E-state index is 0.00803. The van der Waals surface area contributed by atoms with E-state index in [1.54, 1.807) is 42.5 Å². The van der Waals surface area contributed by atoms with Gasteiger partial charge in [-0.15, -0.1) is 0 Å². The lowest BCUT2D eigenvalue weighted by atomic mass is 10.0. The van der Waals surface area contributed by atoms with Crippen LogP contribution in [0.5, 0.6) is 5.75 Å². The van der Waals surface area contributed by atoms with Gasteiger partial charge in [0.15, 0.2) is 0 Å². The number of carbonyl (C=O) groups excluding carboxylic acids is 6. The van der Waals surface area contributed by atoms with Crippen LogP contribution in [0.15, 0.2) is 78.9 Å². The fourth-order valence-electron chi connectivity index (χ4n) is 5.20. The molecule has 0 spiro atoms. The smallest absolute Gasteiger partial charge is 0.334 e. The fraction of sp³-hybridized carbons (Fsp3) is 0.333. The zero-order valence-corrected chi connectivity index (χ0v) is 29.5. The number of amides is 7. The van der Waals surface area contributed by atoms with E-state index < -0.39 is 65.2 Å². The highest BCUT2D eigenvalue weighted by Gasteiger charge is 2.29. The number of carbonyl (C=O) groups is 6. The lowest BCUT2D eigenvalue weighted by Gasteiger charge is -2.28. The number of benzene rings is 3. The lowest BCUT2D eigenvalue weighted by molar-refractivity contribution is -0.384. The summed E-state index contributed by atoms with van der Waals surface area (Å²) in [4.78, 5) is 88.1. The van der Waals surface area contributed by atoms with Crippen molar-refractivity contribution in [1.82, 2.24) is 31.7 Å². The zero-order valence-electron chi connectivity index (χ0n) is 29.5. The third-order valence-corrected chi connectivity index (χ3v) is 7.75. The van der Waals surface area contributed by atoms with Crippen LogP contribution in [0.3, 0.4) is 0 Å². The predicted octanol–water partition coefficient (Wildman–Crippen LogP) is 1.33. The van der Waals surface area contributed by atoms with E-state index in [-0.39, 0.29) is 43.2 Å². The number of aromatic hydroxyl groups is 1. The van der Waals surface area contributed by atoms with Gasteiger partial charge in [-0.25, -0.2) is 15.2 Å². The van der Waals surface area contributed by atoms with Gasteiger partial charge in [-0.1, -0.05) is 68.4 Å². The number of primary amides is 1. The number of phenolic OH excluding ortho intramolecular Hbond substituents is 1. The average molecular weight is 733 g/mol. The number of hydrogen-bond acceptors (Lipinski definition) is 9. The molecule has 3 aromatic carbocycles. The van der Waals surface area contributed by atoms with Gasteiger partial charge < -0.3 is 32.1 Å². The number of rotatable bonds is 17. The highest BCUT2D eigenvalue weighted by atomic mass is 16.6. The molecule has 3 atom stereocenters. The number of nitro groups is 1. The Bertz CT molecular complexity index is 1750. The van der Waals surface area contributed by atoms with Gasteiger partial charge in [0.2, 0.25) is 23.6 Å². The number of hydrazine groups is 1. The first-order chi connectivity index (χ1) is 25.1. The maximum absolute atomic E-state index is 13.9. The van der Waals surface area contributed by atoms with E-state index in [2.05, 4.69) is 26.7 Å². The highest BCUT2D eigenvalue weighted by Crippen LogP contribution is 2.16. The van der Waals surface area contributed by atoms with Crippen molar-refractivity contribution < 1.29 is 38.8 Å². The zero-order chi connectivity index (χ0) is 39.1. The number of phenols is 1. The van der Waals surface area contributed by atoms with Gasteiger partial charge >= 0.3 is 6.03 Å². The second-order valence-corrected chi connectivity index (χ2v) is 12.7. The van der Waals surface area contributed by atoms with Crippen LogP contribution in [0.1, 0.15) is 43.9 Å². The number of nitro benzene ring substituents is 1. The minimum Gasteiger partial charge on any atom is -0.508 e. The third kappa shape index (κ3) is 14.0. The summed E-state index contributed by atoms with van der Waals surface area (Å²) in [6.45, 7) is 3.99. The Morgan fingerprint density at radius 1 is 0.792 bits per heavy atom. The molecule has 0 bridgehead atoms. The van der Waals surface area contributed by atoms with E-state index >= 15 is 0 Å². The molecule has 3 aromatic rings. The Morgan fingerprint density at radius 3 is 1.94 bits per heavy atom. The molecule has 53 heavy (non-hydrogen) atoms. The van der Waals surface area contributed by atoms with Crippen molar-refractivity contribution in [2.45, 2.75) is 64.7 Å².